The van der Waals surface area contributed by atoms with Crippen LogP contribution in [0.4, 0.5) is 5.69 Å². The number of carbonyl (C=O) groups is 2. The molecular formula is C26H18ClN3O3S. The van der Waals surface area contributed by atoms with Crippen LogP contribution >= 0.6 is 22.9 Å². The third-order valence-corrected chi connectivity index (χ3v) is 7.04. The second-order valence-electron chi connectivity index (χ2n) is 7.73. The van der Waals surface area contributed by atoms with Crippen molar-refractivity contribution in [3.8, 4) is 10.6 Å². The number of amides is 1. The number of rotatable bonds is 5. The molecule has 1 amide bonds. The summed E-state index contributed by atoms with van der Waals surface area (Å²) in [5, 5.41) is 12.1. The van der Waals surface area contributed by atoms with Crippen molar-refractivity contribution in [2.45, 2.75) is 13.0 Å². The van der Waals surface area contributed by atoms with E-state index in [2.05, 4.69) is 9.97 Å². The predicted octanol–water partition coefficient (Wildman–Crippen LogP) is 5.95. The zero-order chi connectivity index (χ0) is 23.8. The predicted molar refractivity (Wildman–Crippen MR) is 132 cm³/mol. The Morgan fingerprint density at radius 1 is 1.06 bits per heavy atom. The minimum absolute atomic E-state index is 0.000637. The number of nitrogens with zero attached hydrogens (tertiary/aromatic N) is 3. The van der Waals surface area contributed by atoms with Crippen molar-refractivity contribution in [2.75, 3.05) is 4.90 Å². The van der Waals surface area contributed by atoms with Gasteiger partial charge in [0.25, 0.3) is 5.91 Å². The average Bonchev–Trinajstić information content (AvgIpc) is 3.38. The first-order chi connectivity index (χ1) is 16.5. The number of Topliss-reactive ketones (excluding diaryl/α,β-unsaturated/α-hetero) is 1. The molecule has 4 aromatic rings. The van der Waals surface area contributed by atoms with E-state index in [0.717, 1.165) is 5.56 Å². The molecule has 0 aliphatic carbocycles. The van der Waals surface area contributed by atoms with Crippen LogP contribution in [-0.2, 0) is 4.79 Å². The van der Waals surface area contributed by atoms with Crippen molar-refractivity contribution in [3.63, 3.8) is 0 Å². The van der Waals surface area contributed by atoms with Crippen LogP contribution < -0.4 is 4.90 Å². The minimum atomic E-state index is -0.850. The first-order valence-corrected chi connectivity index (χ1v) is 11.6. The molecule has 6 nitrogen and oxygen atoms in total. The van der Waals surface area contributed by atoms with E-state index in [1.165, 1.54) is 16.2 Å². The molecule has 1 N–H and O–H groups in total. The molecule has 3 heterocycles. The largest absolute Gasteiger partial charge is 0.503 e. The van der Waals surface area contributed by atoms with Gasteiger partial charge in [0.1, 0.15) is 5.01 Å². The number of benzene rings is 2. The molecule has 168 valence electrons. The van der Waals surface area contributed by atoms with Crippen LogP contribution in [0.2, 0.25) is 5.02 Å². The van der Waals surface area contributed by atoms with Gasteiger partial charge in [0, 0.05) is 28.7 Å². The number of hydrogen-bond donors (Lipinski definition) is 1. The van der Waals surface area contributed by atoms with Crippen LogP contribution in [0.3, 0.4) is 0 Å². The number of ketones is 1. The van der Waals surface area contributed by atoms with E-state index in [-0.39, 0.29) is 5.57 Å². The fourth-order valence-electron chi connectivity index (χ4n) is 3.99. The number of carbonyl (C=O) groups excluding carboxylic acids is 2. The van der Waals surface area contributed by atoms with E-state index >= 15 is 0 Å². The maximum atomic E-state index is 13.8. The number of halogens is 1. The van der Waals surface area contributed by atoms with Gasteiger partial charge in [-0.1, -0.05) is 48.0 Å². The number of thiazole rings is 1. The van der Waals surface area contributed by atoms with Crippen LogP contribution in [0.5, 0.6) is 0 Å². The highest BCUT2D eigenvalue weighted by molar-refractivity contribution is 7.17. The number of aromatic nitrogens is 2. The van der Waals surface area contributed by atoms with Gasteiger partial charge in [-0.3, -0.25) is 19.5 Å². The second-order valence-corrected chi connectivity index (χ2v) is 9.17. The number of hydrogen-bond acceptors (Lipinski definition) is 6. The molecule has 1 aliphatic heterocycles. The van der Waals surface area contributed by atoms with Crippen LogP contribution in [0, 0.1) is 6.92 Å². The first kappa shape index (κ1) is 22.0. The van der Waals surface area contributed by atoms with Gasteiger partial charge in [0.05, 0.1) is 22.2 Å². The van der Waals surface area contributed by atoms with Gasteiger partial charge in [-0.25, -0.2) is 4.98 Å². The van der Waals surface area contributed by atoms with Crippen molar-refractivity contribution >= 4 is 40.3 Å². The van der Waals surface area contributed by atoms with Crippen molar-refractivity contribution < 1.29 is 14.7 Å². The Morgan fingerprint density at radius 2 is 1.79 bits per heavy atom. The van der Waals surface area contributed by atoms with E-state index in [0.29, 0.717) is 31.9 Å². The lowest BCUT2D eigenvalue weighted by molar-refractivity contribution is -0.117. The lowest BCUT2D eigenvalue weighted by atomic mass is 9.96. The molecule has 2 aromatic heterocycles. The highest BCUT2D eigenvalue weighted by Gasteiger charge is 2.45. The fraction of sp³-hybridized carbons (Fsp3) is 0.0769. The Kier molecular flexibility index (Phi) is 5.73. The lowest BCUT2D eigenvalue weighted by Gasteiger charge is -2.26. The lowest BCUT2D eigenvalue weighted by Crippen LogP contribution is -2.31. The second kappa shape index (κ2) is 8.85. The third-order valence-electron chi connectivity index (χ3n) is 5.58. The number of aliphatic hydroxyl groups is 1. The molecule has 0 spiro atoms. The monoisotopic (exact) mass is 487 g/mol. The smallest absolute Gasteiger partial charge is 0.294 e. The van der Waals surface area contributed by atoms with Crippen molar-refractivity contribution in [2.24, 2.45) is 0 Å². The van der Waals surface area contributed by atoms with Crippen LogP contribution in [0.25, 0.3) is 10.6 Å². The SMILES string of the molecule is Cc1nc(-c2ccccc2)sc1C(=O)C1=C(O)C(=O)N(c2ccc(Cl)cc2)C1c1cccnc1. The Balaban J connectivity index is 1.62. The summed E-state index contributed by atoms with van der Waals surface area (Å²) in [7, 11) is 0. The van der Waals surface area contributed by atoms with Gasteiger partial charge in [-0.05, 0) is 42.8 Å². The van der Waals surface area contributed by atoms with Gasteiger partial charge in [-0.2, -0.15) is 0 Å². The van der Waals surface area contributed by atoms with E-state index in [9.17, 15) is 14.7 Å². The summed E-state index contributed by atoms with van der Waals surface area (Å²) in [6, 6.07) is 18.9. The molecule has 0 radical (unpaired) electrons. The van der Waals surface area contributed by atoms with Crippen LogP contribution in [-0.4, -0.2) is 26.8 Å². The summed E-state index contributed by atoms with van der Waals surface area (Å²) in [4.78, 5) is 37.6. The Morgan fingerprint density at radius 3 is 2.47 bits per heavy atom. The topological polar surface area (TPSA) is 83.4 Å². The summed E-state index contributed by atoms with van der Waals surface area (Å²) in [5.41, 5.74) is 2.53. The molecule has 0 fully saturated rings. The normalized spacial score (nSPS) is 15.8. The number of anilines is 1. The highest BCUT2D eigenvalue weighted by atomic mass is 35.5. The fourth-order valence-corrected chi connectivity index (χ4v) is 5.14. The number of aryl methyl sites for hydroxylation is 1. The quantitative estimate of drug-likeness (QED) is 0.352. The molecule has 2 aromatic carbocycles. The van der Waals surface area contributed by atoms with E-state index in [4.69, 9.17) is 11.6 Å². The highest BCUT2D eigenvalue weighted by Crippen LogP contribution is 2.43. The van der Waals surface area contributed by atoms with Gasteiger partial charge < -0.3 is 5.11 Å². The number of aliphatic hydroxyl groups excluding tert-OH is 1. The van der Waals surface area contributed by atoms with Crippen LogP contribution in [0.1, 0.15) is 27.0 Å². The van der Waals surface area contributed by atoms with E-state index < -0.39 is 23.5 Å². The van der Waals surface area contributed by atoms with E-state index in [1.807, 2.05) is 30.3 Å². The molecule has 1 unspecified atom stereocenters. The van der Waals surface area contributed by atoms with Crippen molar-refractivity contribution in [1.29, 1.82) is 0 Å². The third kappa shape index (κ3) is 3.79. The van der Waals surface area contributed by atoms with Crippen molar-refractivity contribution in [1.82, 2.24) is 9.97 Å². The minimum Gasteiger partial charge on any atom is -0.503 e. The summed E-state index contributed by atoms with van der Waals surface area (Å²) in [5.74, 6) is -1.68. The number of pyridine rings is 1. The summed E-state index contributed by atoms with van der Waals surface area (Å²) >= 11 is 7.27. The zero-order valence-electron chi connectivity index (χ0n) is 18.0. The molecule has 34 heavy (non-hydrogen) atoms. The summed E-state index contributed by atoms with van der Waals surface area (Å²) in [6.07, 6.45) is 3.19. The molecule has 5 rings (SSSR count). The molecule has 1 aliphatic rings. The van der Waals surface area contributed by atoms with Crippen LogP contribution in [0.15, 0.2) is 90.5 Å². The molecule has 1 atom stereocenters. The molecular weight excluding hydrogens is 470 g/mol. The Hall–Kier alpha value is -3.81. The van der Waals surface area contributed by atoms with Gasteiger partial charge in [0.15, 0.2) is 5.76 Å². The average molecular weight is 488 g/mol. The maximum absolute atomic E-state index is 13.8. The summed E-state index contributed by atoms with van der Waals surface area (Å²) in [6.45, 7) is 1.75. The zero-order valence-corrected chi connectivity index (χ0v) is 19.5. The summed E-state index contributed by atoms with van der Waals surface area (Å²) < 4.78 is 0. The van der Waals surface area contributed by atoms with Crippen molar-refractivity contribution in [3.05, 3.63) is 112 Å². The molecule has 0 saturated heterocycles. The molecule has 8 heteroatoms. The standard InChI is InChI=1S/C26H18ClN3O3S/c1-15-24(34-25(29-15)16-6-3-2-4-7-16)22(31)20-21(17-8-5-13-28-14-17)30(26(33)23(20)32)19-11-9-18(27)10-12-19/h2-14,21,32H,1H3. The Labute approximate surface area is 204 Å². The van der Waals surface area contributed by atoms with E-state index in [1.54, 1.807) is 55.7 Å². The molecule has 0 bridgehead atoms. The maximum Gasteiger partial charge on any atom is 0.294 e. The van der Waals surface area contributed by atoms with Gasteiger partial charge >= 0.3 is 0 Å². The molecule has 0 saturated carbocycles. The van der Waals surface area contributed by atoms with Gasteiger partial charge in [0.2, 0.25) is 5.78 Å². The Bertz CT molecular complexity index is 1420. The first-order valence-electron chi connectivity index (χ1n) is 10.5. The van der Waals surface area contributed by atoms with Gasteiger partial charge in [-0.15, -0.1) is 11.3 Å².